The van der Waals surface area contributed by atoms with Crippen molar-refractivity contribution in [3.8, 4) is 0 Å². The second-order valence-corrected chi connectivity index (χ2v) is 5.97. The molecule has 1 fully saturated rings. The minimum Gasteiger partial charge on any atom is -0.426 e. The number of ether oxygens (including phenoxy) is 3. The van der Waals surface area contributed by atoms with E-state index in [4.69, 9.17) is 5.84 Å². The Kier molecular flexibility index (Phi) is 6.50. The van der Waals surface area contributed by atoms with Gasteiger partial charge in [0, 0.05) is 0 Å². The molecule has 10 nitrogen and oxygen atoms in total. The van der Waals surface area contributed by atoms with Gasteiger partial charge in [-0.05, 0) is 0 Å². The molecule has 0 aliphatic carbocycles. The van der Waals surface area contributed by atoms with E-state index in [1.54, 1.807) is 0 Å². The lowest BCUT2D eigenvalue weighted by Gasteiger charge is -2.26. The highest BCUT2D eigenvalue weighted by Crippen LogP contribution is 2.52. The lowest BCUT2D eigenvalue weighted by atomic mass is 10.7. The number of hydrogen-bond acceptors (Lipinski definition) is 9. The van der Waals surface area contributed by atoms with Gasteiger partial charge in [-0.1, -0.05) is 0 Å². The Morgan fingerprint density at radius 1 is 1.20 bits per heavy atom. The third-order valence-corrected chi connectivity index (χ3v) is 3.63. The van der Waals surface area contributed by atoms with Crippen LogP contribution in [0.5, 0.6) is 0 Å². The fraction of sp³-hybridized carbons (Fsp3) is 0.750. The summed E-state index contributed by atoms with van der Waals surface area (Å²) in [7, 11) is -5.62. The smallest absolute Gasteiger partial charge is 0.426 e. The third kappa shape index (κ3) is 7.33. The molecular weight excluding hydrogens is 397 g/mol. The second-order valence-electron chi connectivity index (χ2n) is 4.08. The molecule has 17 heteroatoms. The van der Waals surface area contributed by atoms with E-state index in [0.29, 0.717) is 0 Å². The highest BCUT2D eigenvalue weighted by molar-refractivity contribution is 7.51. The van der Waals surface area contributed by atoms with Crippen LogP contribution in [0.4, 0.5) is 35.9 Å². The summed E-state index contributed by atoms with van der Waals surface area (Å²) in [4.78, 5) is 22.1. The van der Waals surface area contributed by atoms with Crippen LogP contribution >= 0.6 is 7.75 Å². The number of hydrazine groups is 1. The highest BCUT2D eigenvalue weighted by atomic mass is 31.2. The first kappa shape index (κ1) is 21.3. The van der Waals surface area contributed by atoms with Gasteiger partial charge < -0.3 is 14.2 Å². The predicted molar refractivity (Wildman–Crippen MR) is 60.3 cm³/mol. The third-order valence-electron chi connectivity index (χ3n) is 2.03. The quantitative estimate of drug-likeness (QED) is 0.176. The van der Waals surface area contributed by atoms with E-state index in [1.807, 2.05) is 0 Å². The van der Waals surface area contributed by atoms with Crippen LogP contribution in [0.25, 0.3) is 0 Å². The van der Waals surface area contributed by atoms with Gasteiger partial charge >= 0.3 is 32.3 Å². The largest absolute Gasteiger partial charge is 0.511 e. The summed E-state index contributed by atoms with van der Waals surface area (Å²) >= 11 is 0. The highest BCUT2D eigenvalue weighted by Gasteiger charge is 2.45. The summed E-state index contributed by atoms with van der Waals surface area (Å²) in [6.07, 6.45) is -15.2. The van der Waals surface area contributed by atoms with E-state index in [0.717, 1.165) is 0 Å². The summed E-state index contributed by atoms with van der Waals surface area (Å²) in [6.45, 7) is -5.33. The van der Waals surface area contributed by atoms with Gasteiger partial charge in [-0.15, -0.1) is 4.78 Å². The molecule has 1 unspecified atom stereocenters. The number of carbonyl (C=O) groups excluding carboxylic acids is 2. The van der Waals surface area contributed by atoms with Crippen molar-refractivity contribution in [2.45, 2.75) is 18.6 Å². The first-order chi connectivity index (χ1) is 11.2. The number of nitrogens with zero attached hydrogens (tertiary/aromatic N) is 1. The van der Waals surface area contributed by atoms with Gasteiger partial charge in [0.05, 0.1) is 0 Å². The van der Waals surface area contributed by atoms with E-state index in [2.05, 4.69) is 23.3 Å². The predicted octanol–water partition coefficient (Wildman–Crippen LogP) is 2.06. The fourth-order valence-corrected chi connectivity index (χ4v) is 2.30. The second kappa shape index (κ2) is 7.63. The molecule has 146 valence electrons. The Morgan fingerprint density at radius 2 is 1.68 bits per heavy atom. The van der Waals surface area contributed by atoms with Crippen LogP contribution in [0.3, 0.4) is 0 Å². The van der Waals surface area contributed by atoms with E-state index in [9.17, 15) is 40.5 Å². The maximum Gasteiger partial charge on any atom is 0.511 e. The molecule has 1 saturated heterocycles. The van der Waals surface area contributed by atoms with Crippen molar-refractivity contribution < 1.29 is 63.8 Å². The van der Waals surface area contributed by atoms with Crippen molar-refractivity contribution in [1.82, 2.24) is 4.78 Å². The van der Waals surface area contributed by atoms with Gasteiger partial charge in [0.2, 0.25) is 0 Å². The molecule has 0 spiro atoms. The fourth-order valence-electron chi connectivity index (χ4n) is 1.11. The molecule has 0 saturated carbocycles. The van der Waals surface area contributed by atoms with Crippen LogP contribution in [-0.4, -0.2) is 55.5 Å². The van der Waals surface area contributed by atoms with E-state index in [1.165, 1.54) is 0 Å². The standard InChI is InChI=1S/C8H9F6N2O8P/c9-7(10,11)2-21-25(19,22-3-8(12,13)14)16(15)5(17)23-4-1-20-6(18)24-4/h4H,1-3,15H2. The Bertz CT molecular complexity index is 532. The molecule has 1 aliphatic heterocycles. The van der Waals surface area contributed by atoms with Crippen LogP contribution in [0.1, 0.15) is 0 Å². The van der Waals surface area contributed by atoms with Crippen molar-refractivity contribution in [2.24, 2.45) is 5.84 Å². The molecule has 1 rings (SSSR count). The molecule has 1 amide bonds. The normalized spacial score (nSPS) is 18.5. The number of alkyl halides is 6. The molecular formula is C8H9F6N2O8P. The molecule has 0 aromatic heterocycles. The molecule has 1 atom stereocenters. The molecule has 1 aliphatic rings. The van der Waals surface area contributed by atoms with Gasteiger partial charge in [0.15, 0.2) is 19.8 Å². The molecule has 0 aromatic rings. The number of nitrogens with two attached hydrogens (primary N) is 1. The monoisotopic (exact) mass is 406 g/mol. The average molecular weight is 406 g/mol. The molecule has 0 bridgehead atoms. The Morgan fingerprint density at radius 3 is 2.04 bits per heavy atom. The zero-order chi connectivity index (χ0) is 19.5. The van der Waals surface area contributed by atoms with E-state index < -0.39 is 63.2 Å². The number of amides is 1. The summed E-state index contributed by atoms with van der Waals surface area (Å²) < 4.78 is 104. The Labute approximate surface area is 134 Å². The minimum absolute atomic E-state index is 0.643. The Balaban J connectivity index is 2.82. The molecule has 25 heavy (non-hydrogen) atoms. The zero-order valence-corrected chi connectivity index (χ0v) is 12.6. The van der Waals surface area contributed by atoms with Crippen LogP contribution in [0.15, 0.2) is 0 Å². The number of hydrogen-bond donors (Lipinski definition) is 1. The number of carbonyl (C=O) groups is 2. The van der Waals surface area contributed by atoms with Gasteiger partial charge in [-0.2, -0.15) is 26.3 Å². The van der Waals surface area contributed by atoms with Crippen molar-refractivity contribution >= 4 is 20.0 Å². The SMILES string of the molecule is NN(C(=O)OC1COC(=O)O1)P(=O)(OCC(F)(F)F)OCC(F)(F)F. The molecule has 0 radical (unpaired) electrons. The number of cyclic esters (lactones) is 2. The lowest BCUT2D eigenvalue weighted by molar-refractivity contribution is -0.168. The molecule has 2 N–H and O–H groups in total. The van der Waals surface area contributed by atoms with Gasteiger partial charge in [-0.3, -0.25) is 9.05 Å². The van der Waals surface area contributed by atoms with Crippen molar-refractivity contribution in [1.29, 1.82) is 0 Å². The summed E-state index contributed by atoms with van der Waals surface area (Å²) in [6, 6.07) is 0. The molecule has 0 aromatic carbocycles. The van der Waals surface area contributed by atoms with E-state index in [-0.39, 0.29) is 0 Å². The summed E-state index contributed by atoms with van der Waals surface area (Å²) in [5.74, 6) is 4.90. The minimum atomic E-state index is -5.62. The number of halogens is 6. The van der Waals surface area contributed by atoms with Crippen LogP contribution in [0.2, 0.25) is 0 Å². The van der Waals surface area contributed by atoms with Crippen molar-refractivity contribution in [3.05, 3.63) is 0 Å². The average Bonchev–Trinajstić information content (AvgIpc) is 2.86. The maximum atomic E-state index is 12.1. The Hall–Kier alpha value is -1.77. The lowest BCUT2D eigenvalue weighted by Crippen LogP contribution is -2.40. The van der Waals surface area contributed by atoms with Gasteiger partial charge in [0.1, 0.15) is 0 Å². The van der Waals surface area contributed by atoms with Crippen LogP contribution < -0.4 is 5.84 Å². The maximum absolute atomic E-state index is 12.1. The van der Waals surface area contributed by atoms with Crippen molar-refractivity contribution in [2.75, 3.05) is 19.8 Å². The summed E-state index contributed by atoms with van der Waals surface area (Å²) in [5.41, 5.74) is 0. The summed E-state index contributed by atoms with van der Waals surface area (Å²) in [5, 5.41) is 0. The van der Waals surface area contributed by atoms with Crippen LogP contribution in [-0.2, 0) is 27.8 Å². The van der Waals surface area contributed by atoms with Gasteiger partial charge in [0.25, 0.3) is 6.29 Å². The zero-order valence-electron chi connectivity index (χ0n) is 11.7. The van der Waals surface area contributed by atoms with Crippen LogP contribution in [0, 0.1) is 0 Å². The first-order valence-corrected chi connectivity index (χ1v) is 7.33. The van der Waals surface area contributed by atoms with E-state index >= 15 is 0 Å². The van der Waals surface area contributed by atoms with Gasteiger partial charge in [-0.25, -0.2) is 20.0 Å². The number of rotatable bonds is 6. The topological polar surface area (TPSA) is 127 Å². The molecule has 1 heterocycles. The van der Waals surface area contributed by atoms with Crippen molar-refractivity contribution in [3.63, 3.8) is 0 Å². The first-order valence-electron chi connectivity index (χ1n) is 5.84.